The first-order valence-corrected chi connectivity index (χ1v) is 9.46. The Kier molecular flexibility index (Phi) is 4.17. The summed E-state index contributed by atoms with van der Waals surface area (Å²) in [4.78, 5) is 32.6. The van der Waals surface area contributed by atoms with Gasteiger partial charge in [0, 0.05) is 32.4 Å². The smallest absolute Gasteiger partial charge is 0.312 e. The molecule has 4 rings (SSSR count). The standard InChI is InChI=1S/C20H25N5O2/c1-5-9-23-18(26)16-17(22(4)20(23)27)21-19-24(11-14(3)12-25(16)19)15-8-6-7-13(2)10-15/h6-8,10,14H,5,9,11-12H2,1-4H3. The van der Waals surface area contributed by atoms with E-state index < -0.39 is 0 Å². The van der Waals surface area contributed by atoms with Crippen LogP contribution in [0, 0.1) is 12.8 Å². The molecule has 1 aliphatic heterocycles. The molecule has 7 heteroatoms. The molecule has 2 aromatic heterocycles. The summed E-state index contributed by atoms with van der Waals surface area (Å²) in [6.07, 6.45) is 0.730. The van der Waals surface area contributed by atoms with Crippen molar-refractivity contribution in [3.63, 3.8) is 0 Å². The van der Waals surface area contributed by atoms with Crippen LogP contribution in [0.15, 0.2) is 33.9 Å². The van der Waals surface area contributed by atoms with E-state index in [9.17, 15) is 9.59 Å². The number of hydrogen-bond acceptors (Lipinski definition) is 4. The lowest BCUT2D eigenvalue weighted by atomic mass is 10.1. The third kappa shape index (κ3) is 2.69. The van der Waals surface area contributed by atoms with E-state index in [1.807, 2.05) is 17.6 Å². The zero-order valence-electron chi connectivity index (χ0n) is 16.3. The Labute approximate surface area is 157 Å². The number of anilines is 2. The lowest BCUT2D eigenvalue weighted by molar-refractivity contribution is 0.457. The van der Waals surface area contributed by atoms with Gasteiger partial charge in [0.2, 0.25) is 5.95 Å². The zero-order valence-corrected chi connectivity index (χ0v) is 16.3. The average molecular weight is 367 g/mol. The first-order valence-electron chi connectivity index (χ1n) is 9.46. The van der Waals surface area contributed by atoms with Gasteiger partial charge >= 0.3 is 5.69 Å². The normalized spacial score (nSPS) is 16.7. The largest absolute Gasteiger partial charge is 0.332 e. The predicted molar refractivity (Wildman–Crippen MR) is 107 cm³/mol. The Balaban J connectivity index is 2.02. The van der Waals surface area contributed by atoms with Crippen molar-refractivity contribution in [2.45, 2.75) is 40.3 Å². The first-order chi connectivity index (χ1) is 12.9. The van der Waals surface area contributed by atoms with E-state index in [2.05, 4.69) is 36.9 Å². The molecule has 3 aromatic rings. The second kappa shape index (κ2) is 6.40. The van der Waals surface area contributed by atoms with Crippen LogP contribution in [0.2, 0.25) is 0 Å². The van der Waals surface area contributed by atoms with Gasteiger partial charge in [0.15, 0.2) is 11.2 Å². The van der Waals surface area contributed by atoms with E-state index in [0.29, 0.717) is 30.2 Å². The van der Waals surface area contributed by atoms with Crippen molar-refractivity contribution in [1.29, 1.82) is 0 Å². The monoisotopic (exact) mass is 367 g/mol. The number of rotatable bonds is 3. The lowest BCUT2D eigenvalue weighted by Gasteiger charge is -2.33. The molecule has 1 aliphatic rings. The summed E-state index contributed by atoms with van der Waals surface area (Å²) < 4.78 is 4.81. The fourth-order valence-electron chi connectivity index (χ4n) is 3.94. The molecule has 3 heterocycles. The lowest BCUT2D eigenvalue weighted by Crippen LogP contribution is -2.40. The maximum atomic E-state index is 13.1. The second-order valence-electron chi connectivity index (χ2n) is 7.55. The molecule has 1 atom stereocenters. The van der Waals surface area contributed by atoms with Crippen molar-refractivity contribution in [2.75, 3.05) is 11.4 Å². The number of fused-ring (bicyclic) bond motifs is 3. The average Bonchev–Trinajstić information content (AvgIpc) is 3.02. The minimum absolute atomic E-state index is 0.244. The van der Waals surface area contributed by atoms with Crippen LogP contribution in [0.5, 0.6) is 0 Å². The third-order valence-electron chi connectivity index (χ3n) is 5.20. The van der Waals surface area contributed by atoms with Crippen LogP contribution >= 0.6 is 0 Å². The number of aromatic nitrogens is 4. The molecular weight excluding hydrogens is 342 g/mol. The molecule has 1 aromatic carbocycles. The predicted octanol–water partition coefficient (Wildman–Crippen LogP) is 2.40. The Morgan fingerprint density at radius 2 is 2.00 bits per heavy atom. The van der Waals surface area contributed by atoms with Gasteiger partial charge in [-0.2, -0.15) is 4.98 Å². The van der Waals surface area contributed by atoms with Gasteiger partial charge in [-0.05, 0) is 37.0 Å². The van der Waals surface area contributed by atoms with Gasteiger partial charge in [-0.1, -0.05) is 26.0 Å². The van der Waals surface area contributed by atoms with Crippen molar-refractivity contribution >= 4 is 22.8 Å². The van der Waals surface area contributed by atoms with Gasteiger partial charge in [0.25, 0.3) is 5.56 Å². The second-order valence-corrected chi connectivity index (χ2v) is 7.55. The molecule has 1 unspecified atom stereocenters. The van der Waals surface area contributed by atoms with E-state index in [4.69, 9.17) is 4.98 Å². The number of imidazole rings is 1. The Bertz CT molecular complexity index is 1140. The highest BCUT2D eigenvalue weighted by Gasteiger charge is 2.29. The van der Waals surface area contributed by atoms with Crippen molar-refractivity contribution in [1.82, 2.24) is 18.7 Å². The van der Waals surface area contributed by atoms with Crippen LogP contribution < -0.4 is 16.1 Å². The molecule has 0 saturated carbocycles. The molecule has 0 spiro atoms. The zero-order chi connectivity index (χ0) is 19.3. The van der Waals surface area contributed by atoms with Crippen LogP contribution in [-0.2, 0) is 20.1 Å². The molecule has 0 saturated heterocycles. The summed E-state index contributed by atoms with van der Waals surface area (Å²) in [5, 5.41) is 0. The number of aryl methyl sites for hydroxylation is 2. The van der Waals surface area contributed by atoms with Gasteiger partial charge < -0.3 is 9.47 Å². The minimum Gasteiger partial charge on any atom is -0.312 e. The van der Waals surface area contributed by atoms with E-state index in [1.54, 1.807) is 7.05 Å². The highest BCUT2D eigenvalue weighted by molar-refractivity contribution is 5.77. The molecule has 0 radical (unpaired) electrons. The summed E-state index contributed by atoms with van der Waals surface area (Å²) >= 11 is 0. The van der Waals surface area contributed by atoms with Crippen LogP contribution in [0.1, 0.15) is 25.8 Å². The highest BCUT2D eigenvalue weighted by atomic mass is 16.2. The van der Waals surface area contributed by atoms with Gasteiger partial charge in [0.1, 0.15) is 0 Å². The minimum atomic E-state index is -0.306. The molecular formula is C20H25N5O2. The summed E-state index contributed by atoms with van der Waals surface area (Å²) in [6.45, 7) is 8.15. The molecule has 27 heavy (non-hydrogen) atoms. The molecule has 0 aliphatic carbocycles. The Morgan fingerprint density at radius 1 is 1.22 bits per heavy atom. The summed E-state index contributed by atoms with van der Waals surface area (Å²) in [7, 11) is 1.69. The Hall–Kier alpha value is -2.83. The number of nitrogens with zero attached hydrogens (tertiary/aromatic N) is 5. The molecule has 0 amide bonds. The Morgan fingerprint density at radius 3 is 2.70 bits per heavy atom. The van der Waals surface area contributed by atoms with Gasteiger partial charge in [-0.25, -0.2) is 4.79 Å². The number of benzene rings is 1. The molecule has 0 fully saturated rings. The molecule has 142 valence electrons. The van der Waals surface area contributed by atoms with Crippen LogP contribution in [0.4, 0.5) is 11.6 Å². The van der Waals surface area contributed by atoms with Crippen molar-refractivity contribution < 1.29 is 0 Å². The third-order valence-corrected chi connectivity index (χ3v) is 5.20. The highest BCUT2D eigenvalue weighted by Crippen LogP contribution is 2.33. The van der Waals surface area contributed by atoms with Gasteiger partial charge in [-0.15, -0.1) is 0 Å². The van der Waals surface area contributed by atoms with Crippen molar-refractivity contribution in [3.8, 4) is 0 Å². The van der Waals surface area contributed by atoms with E-state index >= 15 is 0 Å². The maximum absolute atomic E-state index is 13.1. The van der Waals surface area contributed by atoms with Crippen LogP contribution in [0.3, 0.4) is 0 Å². The molecule has 7 nitrogen and oxygen atoms in total. The van der Waals surface area contributed by atoms with Gasteiger partial charge in [-0.3, -0.25) is 13.9 Å². The van der Waals surface area contributed by atoms with Gasteiger partial charge in [0.05, 0.1) is 0 Å². The van der Waals surface area contributed by atoms with Crippen molar-refractivity contribution in [2.24, 2.45) is 13.0 Å². The quantitative estimate of drug-likeness (QED) is 0.713. The summed E-state index contributed by atoms with van der Waals surface area (Å²) in [6, 6.07) is 8.27. The molecule has 0 N–H and O–H groups in total. The fourth-order valence-corrected chi connectivity index (χ4v) is 3.94. The molecule has 0 bridgehead atoms. The fraction of sp³-hybridized carbons (Fsp3) is 0.450. The van der Waals surface area contributed by atoms with Crippen LogP contribution in [-0.4, -0.2) is 25.2 Å². The topological polar surface area (TPSA) is 65.1 Å². The number of hydrogen-bond donors (Lipinski definition) is 0. The first kappa shape index (κ1) is 17.6. The van der Waals surface area contributed by atoms with E-state index in [-0.39, 0.29) is 11.2 Å². The van der Waals surface area contributed by atoms with E-state index in [1.165, 1.54) is 14.7 Å². The SMILES string of the molecule is CCCn1c(=O)c2c(nc3n2CC(C)CN3c2cccc(C)c2)n(C)c1=O. The van der Waals surface area contributed by atoms with Crippen molar-refractivity contribution in [3.05, 3.63) is 50.7 Å². The summed E-state index contributed by atoms with van der Waals surface area (Å²) in [5.74, 6) is 1.08. The summed E-state index contributed by atoms with van der Waals surface area (Å²) in [5.41, 5.74) is 2.65. The van der Waals surface area contributed by atoms with Crippen LogP contribution in [0.25, 0.3) is 11.2 Å². The van der Waals surface area contributed by atoms with E-state index in [0.717, 1.165) is 24.6 Å². The maximum Gasteiger partial charge on any atom is 0.332 e.